The normalized spacial score (nSPS) is 31.6. The summed E-state index contributed by atoms with van der Waals surface area (Å²) in [5, 5.41) is 0.601. The van der Waals surface area contributed by atoms with Crippen molar-refractivity contribution in [3.8, 4) is 5.75 Å². The lowest BCUT2D eigenvalue weighted by Crippen LogP contribution is -2.51. The zero-order valence-corrected chi connectivity index (χ0v) is 16.8. The molecule has 0 amide bonds. The van der Waals surface area contributed by atoms with Gasteiger partial charge in [0.15, 0.2) is 18.0 Å². The van der Waals surface area contributed by atoms with Gasteiger partial charge in [-0.25, -0.2) is 4.79 Å². The number of esters is 1. The van der Waals surface area contributed by atoms with Crippen LogP contribution in [0.1, 0.15) is 52.4 Å². The fraction of sp³-hybridized carbons (Fsp3) is 0.636. The van der Waals surface area contributed by atoms with Gasteiger partial charge in [0, 0.05) is 10.4 Å². The Morgan fingerprint density at radius 1 is 1.04 bits per heavy atom. The van der Waals surface area contributed by atoms with E-state index in [0.717, 1.165) is 19.3 Å². The lowest BCUT2D eigenvalue weighted by molar-refractivity contribution is -0.166. The van der Waals surface area contributed by atoms with Crippen LogP contribution < -0.4 is 4.74 Å². The van der Waals surface area contributed by atoms with Gasteiger partial charge < -0.3 is 9.47 Å². The van der Waals surface area contributed by atoms with Crippen LogP contribution in [0.15, 0.2) is 24.3 Å². The largest absolute Gasteiger partial charge is 0.476 e. The highest BCUT2D eigenvalue weighted by atomic mass is 35.5. The molecule has 146 valence electrons. The number of ether oxygens (including phenoxy) is 2. The standard InChI is InChI=1S/C22H27ClO4/c1-21(2,27-18-5-3-17(23)4-6-18)20(25)26-13-19(24)22-10-14-7-15(11-22)9-16(8-14)12-22/h3-6,14-16H,7-13H2,1-2H3. The summed E-state index contributed by atoms with van der Waals surface area (Å²) in [5.41, 5.74) is -1.41. The molecule has 0 atom stereocenters. The number of carbonyl (C=O) groups excluding carboxylic acids is 2. The Labute approximate surface area is 165 Å². The minimum absolute atomic E-state index is 0.109. The second kappa shape index (κ2) is 6.80. The van der Waals surface area contributed by atoms with Crippen molar-refractivity contribution in [1.29, 1.82) is 0 Å². The van der Waals surface area contributed by atoms with Crippen molar-refractivity contribution >= 4 is 23.4 Å². The van der Waals surface area contributed by atoms with E-state index in [4.69, 9.17) is 21.1 Å². The second-order valence-electron chi connectivity index (χ2n) is 9.26. The summed E-state index contributed by atoms with van der Waals surface area (Å²) in [6, 6.07) is 6.82. The van der Waals surface area contributed by atoms with Gasteiger partial charge in [0.1, 0.15) is 5.75 Å². The molecular formula is C22H27ClO4. The molecule has 0 N–H and O–H groups in total. The van der Waals surface area contributed by atoms with Gasteiger partial charge in [0.25, 0.3) is 0 Å². The Bertz CT molecular complexity index is 702. The zero-order valence-electron chi connectivity index (χ0n) is 16.0. The fourth-order valence-corrected chi connectivity index (χ4v) is 5.88. The van der Waals surface area contributed by atoms with Gasteiger partial charge >= 0.3 is 5.97 Å². The van der Waals surface area contributed by atoms with Gasteiger partial charge in [-0.2, -0.15) is 0 Å². The molecule has 0 aliphatic heterocycles. The van der Waals surface area contributed by atoms with E-state index < -0.39 is 11.6 Å². The number of benzene rings is 1. The summed E-state index contributed by atoms with van der Waals surface area (Å²) in [4.78, 5) is 25.5. The third-order valence-electron chi connectivity index (χ3n) is 6.64. The maximum Gasteiger partial charge on any atom is 0.350 e. The molecule has 4 fully saturated rings. The maximum atomic E-state index is 13.0. The third kappa shape index (κ3) is 3.73. The first-order valence-corrected chi connectivity index (χ1v) is 10.3. The SMILES string of the molecule is CC(C)(Oc1ccc(Cl)cc1)C(=O)OCC(=O)C12CC3CC(CC(C3)C1)C2. The Hall–Kier alpha value is -1.55. The van der Waals surface area contributed by atoms with E-state index in [1.807, 2.05) is 0 Å². The summed E-state index contributed by atoms with van der Waals surface area (Å²) in [6.07, 6.45) is 6.82. The monoisotopic (exact) mass is 390 g/mol. The van der Waals surface area contributed by atoms with Crippen LogP contribution >= 0.6 is 11.6 Å². The summed E-state index contributed by atoms with van der Waals surface area (Å²) < 4.78 is 11.2. The van der Waals surface area contributed by atoms with Crippen LogP contribution in [0, 0.1) is 23.2 Å². The lowest BCUT2D eigenvalue weighted by Gasteiger charge is -2.55. The molecule has 5 rings (SSSR count). The number of halogens is 1. The third-order valence-corrected chi connectivity index (χ3v) is 6.89. The van der Waals surface area contributed by atoms with Gasteiger partial charge in [0.05, 0.1) is 0 Å². The molecule has 0 spiro atoms. The van der Waals surface area contributed by atoms with Gasteiger partial charge in [0.2, 0.25) is 0 Å². The van der Waals surface area contributed by atoms with E-state index in [9.17, 15) is 9.59 Å². The summed E-state index contributed by atoms with van der Waals surface area (Å²) in [6.45, 7) is 3.16. The molecule has 0 unspecified atom stereocenters. The Kier molecular flexibility index (Phi) is 4.74. The molecular weight excluding hydrogens is 364 g/mol. The van der Waals surface area contributed by atoms with Crippen LogP contribution in [0.3, 0.4) is 0 Å². The fourth-order valence-electron chi connectivity index (χ4n) is 5.75. The van der Waals surface area contributed by atoms with E-state index in [1.54, 1.807) is 38.1 Å². The Morgan fingerprint density at radius 2 is 1.56 bits per heavy atom. The summed E-state index contributed by atoms with van der Waals surface area (Å²) in [5.74, 6) is 2.21. The minimum atomic E-state index is -1.17. The smallest absolute Gasteiger partial charge is 0.350 e. The number of ketones is 1. The maximum absolute atomic E-state index is 13.0. The van der Waals surface area contributed by atoms with Crippen LogP contribution in [-0.4, -0.2) is 24.0 Å². The molecule has 5 heteroatoms. The molecule has 1 aromatic rings. The molecule has 4 aliphatic rings. The van der Waals surface area contributed by atoms with Gasteiger partial charge in [-0.1, -0.05) is 11.6 Å². The number of Topliss-reactive ketones (excluding diaryl/α,β-unsaturated/α-hetero) is 1. The predicted octanol–water partition coefficient (Wildman–Crippen LogP) is 4.83. The average Bonchev–Trinajstić information content (AvgIpc) is 2.60. The molecule has 27 heavy (non-hydrogen) atoms. The highest BCUT2D eigenvalue weighted by Crippen LogP contribution is 2.60. The van der Waals surface area contributed by atoms with Crippen molar-refractivity contribution in [2.75, 3.05) is 6.61 Å². The van der Waals surface area contributed by atoms with Crippen molar-refractivity contribution in [3.63, 3.8) is 0 Å². The first kappa shape index (κ1) is 18.8. The molecule has 4 aliphatic carbocycles. The number of carbonyl (C=O) groups is 2. The summed E-state index contributed by atoms with van der Waals surface area (Å²) >= 11 is 5.87. The molecule has 0 heterocycles. The van der Waals surface area contributed by atoms with Crippen LogP contribution in [0.2, 0.25) is 5.02 Å². The van der Waals surface area contributed by atoms with Crippen molar-refractivity contribution < 1.29 is 19.1 Å². The van der Waals surface area contributed by atoms with E-state index >= 15 is 0 Å². The molecule has 0 saturated heterocycles. The van der Waals surface area contributed by atoms with Crippen LogP contribution in [-0.2, 0) is 14.3 Å². The molecule has 4 saturated carbocycles. The number of hydrogen-bond acceptors (Lipinski definition) is 4. The Morgan fingerprint density at radius 3 is 2.07 bits per heavy atom. The van der Waals surface area contributed by atoms with Crippen molar-refractivity contribution in [2.24, 2.45) is 23.2 Å². The zero-order chi connectivity index (χ0) is 19.2. The van der Waals surface area contributed by atoms with E-state index in [0.29, 0.717) is 28.5 Å². The van der Waals surface area contributed by atoms with Crippen LogP contribution in [0.25, 0.3) is 0 Å². The van der Waals surface area contributed by atoms with Gasteiger partial charge in [-0.05, 0) is 94.4 Å². The first-order chi connectivity index (χ1) is 12.8. The van der Waals surface area contributed by atoms with E-state index in [1.165, 1.54) is 19.3 Å². The van der Waals surface area contributed by atoms with E-state index in [-0.39, 0.29) is 17.8 Å². The second-order valence-corrected chi connectivity index (χ2v) is 9.70. The molecule has 1 aromatic carbocycles. The highest BCUT2D eigenvalue weighted by Gasteiger charge is 2.54. The molecule has 4 nitrogen and oxygen atoms in total. The molecule has 0 radical (unpaired) electrons. The summed E-state index contributed by atoms with van der Waals surface area (Å²) in [7, 11) is 0. The number of rotatable bonds is 6. The van der Waals surface area contributed by atoms with Crippen LogP contribution in [0.5, 0.6) is 5.75 Å². The molecule has 4 bridgehead atoms. The van der Waals surface area contributed by atoms with E-state index in [2.05, 4.69) is 0 Å². The predicted molar refractivity (Wildman–Crippen MR) is 103 cm³/mol. The van der Waals surface area contributed by atoms with Crippen LogP contribution in [0.4, 0.5) is 0 Å². The van der Waals surface area contributed by atoms with Crippen molar-refractivity contribution in [3.05, 3.63) is 29.3 Å². The van der Waals surface area contributed by atoms with Gasteiger partial charge in [-0.15, -0.1) is 0 Å². The first-order valence-electron chi connectivity index (χ1n) is 9.91. The lowest BCUT2D eigenvalue weighted by atomic mass is 9.48. The molecule has 0 aromatic heterocycles. The average molecular weight is 391 g/mol. The highest BCUT2D eigenvalue weighted by molar-refractivity contribution is 6.30. The van der Waals surface area contributed by atoms with Crippen molar-refractivity contribution in [1.82, 2.24) is 0 Å². The Balaban J connectivity index is 1.35. The minimum Gasteiger partial charge on any atom is -0.476 e. The quantitative estimate of drug-likeness (QED) is 0.653. The number of hydrogen-bond donors (Lipinski definition) is 0. The topological polar surface area (TPSA) is 52.6 Å². The van der Waals surface area contributed by atoms with Gasteiger partial charge in [-0.3, -0.25) is 4.79 Å². The van der Waals surface area contributed by atoms with Crippen molar-refractivity contribution in [2.45, 2.75) is 58.0 Å².